The molecule has 1 heterocycles. The standard InChI is InChI=1S/C7H10ClN3S/c1-5(2-7(9)12)11-4-6(8)3-10-11/h3-5H,2H2,1H3,(H2,9,12)/t5-/m0/s1. The lowest BCUT2D eigenvalue weighted by atomic mass is 10.2. The Morgan fingerprint density at radius 3 is 3.00 bits per heavy atom. The fraction of sp³-hybridized carbons (Fsp3) is 0.429. The van der Waals surface area contributed by atoms with Crippen LogP contribution in [0.1, 0.15) is 19.4 Å². The predicted octanol–water partition coefficient (Wildman–Crippen LogP) is 1.77. The summed E-state index contributed by atoms with van der Waals surface area (Å²) in [6, 6.07) is 0.176. The fourth-order valence-corrected chi connectivity index (χ4v) is 1.33. The van der Waals surface area contributed by atoms with E-state index in [1.807, 2.05) is 6.92 Å². The van der Waals surface area contributed by atoms with E-state index in [-0.39, 0.29) is 6.04 Å². The van der Waals surface area contributed by atoms with Gasteiger partial charge >= 0.3 is 0 Å². The first-order valence-corrected chi connectivity index (χ1v) is 4.36. The zero-order valence-corrected chi connectivity index (χ0v) is 8.27. The van der Waals surface area contributed by atoms with E-state index in [4.69, 9.17) is 29.6 Å². The van der Waals surface area contributed by atoms with E-state index in [2.05, 4.69) is 5.10 Å². The summed E-state index contributed by atoms with van der Waals surface area (Å²) in [6.45, 7) is 1.99. The molecule has 1 aromatic heterocycles. The molecule has 0 aliphatic rings. The zero-order chi connectivity index (χ0) is 9.14. The molecule has 0 spiro atoms. The predicted molar refractivity (Wildman–Crippen MR) is 53.4 cm³/mol. The minimum absolute atomic E-state index is 0.176. The van der Waals surface area contributed by atoms with Crippen molar-refractivity contribution >= 4 is 28.8 Å². The summed E-state index contributed by atoms with van der Waals surface area (Å²) in [5.74, 6) is 0. The minimum atomic E-state index is 0.176. The summed E-state index contributed by atoms with van der Waals surface area (Å²) >= 11 is 10.5. The molecular weight excluding hydrogens is 194 g/mol. The van der Waals surface area contributed by atoms with Gasteiger partial charge in [0.2, 0.25) is 0 Å². The summed E-state index contributed by atoms with van der Waals surface area (Å²) in [6.07, 6.45) is 4.00. The molecule has 3 nitrogen and oxygen atoms in total. The highest BCUT2D eigenvalue weighted by atomic mass is 35.5. The smallest absolute Gasteiger partial charge is 0.0785 e. The van der Waals surface area contributed by atoms with Gasteiger partial charge in [-0.05, 0) is 6.92 Å². The molecule has 0 amide bonds. The quantitative estimate of drug-likeness (QED) is 0.762. The van der Waals surface area contributed by atoms with Crippen LogP contribution in [0, 0.1) is 0 Å². The topological polar surface area (TPSA) is 43.8 Å². The van der Waals surface area contributed by atoms with E-state index >= 15 is 0 Å². The number of thiocarbonyl (C=S) groups is 1. The highest BCUT2D eigenvalue weighted by molar-refractivity contribution is 7.80. The Labute approximate surface area is 81.5 Å². The van der Waals surface area contributed by atoms with Gasteiger partial charge in [-0.3, -0.25) is 4.68 Å². The Bertz CT molecular complexity index is 284. The molecule has 0 fully saturated rings. The Kier molecular flexibility index (Phi) is 3.05. The van der Waals surface area contributed by atoms with Gasteiger partial charge in [0, 0.05) is 12.6 Å². The summed E-state index contributed by atoms with van der Waals surface area (Å²) in [4.78, 5) is 0.495. The van der Waals surface area contributed by atoms with E-state index < -0.39 is 0 Å². The molecule has 0 bridgehead atoms. The van der Waals surface area contributed by atoms with Gasteiger partial charge in [0.25, 0.3) is 0 Å². The molecule has 0 aliphatic heterocycles. The van der Waals surface area contributed by atoms with Crippen LogP contribution in [-0.2, 0) is 0 Å². The first kappa shape index (κ1) is 9.48. The summed E-state index contributed by atoms with van der Waals surface area (Å²) in [7, 11) is 0. The highest BCUT2D eigenvalue weighted by Gasteiger charge is 2.06. The lowest BCUT2D eigenvalue weighted by Crippen LogP contribution is -2.15. The van der Waals surface area contributed by atoms with Crippen LogP contribution < -0.4 is 5.73 Å². The number of halogens is 1. The Morgan fingerprint density at radius 2 is 2.58 bits per heavy atom. The normalized spacial score (nSPS) is 12.8. The third-order valence-electron chi connectivity index (χ3n) is 1.52. The Balaban J connectivity index is 2.64. The van der Waals surface area contributed by atoms with Crippen molar-refractivity contribution in [2.45, 2.75) is 19.4 Å². The van der Waals surface area contributed by atoms with Gasteiger partial charge in [-0.2, -0.15) is 5.10 Å². The van der Waals surface area contributed by atoms with Crippen molar-refractivity contribution in [3.8, 4) is 0 Å². The molecule has 1 atom stereocenters. The third-order valence-corrected chi connectivity index (χ3v) is 1.88. The van der Waals surface area contributed by atoms with Crippen molar-refractivity contribution in [1.82, 2.24) is 9.78 Å². The van der Waals surface area contributed by atoms with E-state index in [9.17, 15) is 0 Å². The first-order valence-electron chi connectivity index (χ1n) is 3.57. The largest absolute Gasteiger partial charge is 0.393 e. The monoisotopic (exact) mass is 203 g/mol. The number of hydrogen-bond donors (Lipinski definition) is 1. The summed E-state index contributed by atoms with van der Waals surface area (Å²) in [5, 5.41) is 4.67. The van der Waals surface area contributed by atoms with E-state index in [1.54, 1.807) is 17.1 Å². The zero-order valence-electron chi connectivity index (χ0n) is 6.70. The van der Waals surface area contributed by atoms with E-state index in [0.29, 0.717) is 16.4 Å². The molecule has 0 aliphatic carbocycles. The maximum atomic E-state index is 5.69. The van der Waals surface area contributed by atoms with Crippen LogP contribution in [0.5, 0.6) is 0 Å². The van der Waals surface area contributed by atoms with Gasteiger partial charge in [0.05, 0.1) is 22.2 Å². The van der Waals surface area contributed by atoms with Crippen molar-refractivity contribution in [2.24, 2.45) is 5.73 Å². The maximum absolute atomic E-state index is 5.69. The van der Waals surface area contributed by atoms with Gasteiger partial charge in [0.15, 0.2) is 0 Å². The van der Waals surface area contributed by atoms with Crippen molar-refractivity contribution in [2.75, 3.05) is 0 Å². The molecule has 1 rings (SSSR count). The van der Waals surface area contributed by atoms with Crippen molar-refractivity contribution in [3.05, 3.63) is 17.4 Å². The number of rotatable bonds is 3. The summed E-state index contributed by atoms with van der Waals surface area (Å²) in [5.41, 5.74) is 5.39. The van der Waals surface area contributed by atoms with Crippen LogP contribution in [-0.4, -0.2) is 14.8 Å². The van der Waals surface area contributed by atoms with E-state index in [0.717, 1.165) is 0 Å². The van der Waals surface area contributed by atoms with E-state index in [1.165, 1.54) is 0 Å². The van der Waals surface area contributed by atoms with Crippen LogP contribution in [0.2, 0.25) is 5.02 Å². The Hall–Kier alpha value is -0.610. The van der Waals surface area contributed by atoms with Crippen molar-refractivity contribution in [3.63, 3.8) is 0 Å². The fourth-order valence-electron chi connectivity index (χ4n) is 0.941. The van der Waals surface area contributed by atoms with Gasteiger partial charge < -0.3 is 5.73 Å². The van der Waals surface area contributed by atoms with Crippen LogP contribution in [0.25, 0.3) is 0 Å². The lowest BCUT2D eigenvalue weighted by molar-refractivity contribution is 0.507. The van der Waals surface area contributed by atoms with Crippen molar-refractivity contribution in [1.29, 1.82) is 0 Å². The number of hydrogen-bond acceptors (Lipinski definition) is 2. The molecule has 2 N–H and O–H groups in total. The van der Waals surface area contributed by atoms with Crippen LogP contribution >= 0.6 is 23.8 Å². The first-order chi connectivity index (χ1) is 5.59. The number of aromatic nitrogens is 2. The van der Waals surface area contributed by atoms with Gasteiger partial charge in [-0.25, -0.2) is 0 Å². The van der Waals surface area contributed by atoms with Crippen LogP contribution in [0.15, 0.2) is 12.4 Å². The third kappa shape index (κ3) is 2.46. The second-order valence-electron chi connectivity index (χ2n) is 2.66. The minimum Gasteiger partial charge on any atom is -0.393 e. The van der Waals surface area contributed by atoms with Crippen LogP contribution in [0.4, 0.5) is 0 Å². The van der Waals surface area contributed by atoms with Crippen molar-refractivity contribution < 1.29 is 0 Å². The second-order valence-corrected chi connectivity index (χ2v) is 3.62. The molecule has 0 radical (unpaired) electrons. The molecule has 0 saturated heterocycles. The molecule has 5 heteroatoms. The molecule has 66 valence electrons. The lowest BCUT2D eigenvalue weighted by Gasteiger charge is -2.09. The van der Waals surface area contributed by atoms with Gasteiger partial charge in [0.1, 0.15) is 0 Å². The highest BCUT2D eigenvalue weighted by Crippen LogP contribution is 2.13. The Morgan fingerprint density at radius 1 is 1.92 bits per heavy atom. The SMILES string of the molecule is C[C@@H](CC(N)=S)n1cc(Cl)cn1. The molecular formula is C7H10ClN3S. The molecule has 12 heavy (non-hydrogen) atoms. The second kappa shape index (κ2) is 3.87. The molecule has 0 aromatic carbocycles. The van der Waals surface area contributed by atoms with Gasteiger partial charge in [-0.15, -0.1) is 0 Å². The molecule has 0 unspecified atom stereocenters. The molecule has 0 saturated carbocycles. The molecule has 1 aromatic rings. The van der Waals surface area contributed by atoms with Crippen LogP contribution in [0.3, 0.4) is 0 Å². The summed E-state index contributed by atoms with van der Waals surface area (Å²) < 4.78 is 1.75. The number of nitrogens with zero attached hydrogens (tertiary/aromatic N) is 2. The average Bonchev–Trinajstić information content (AvgIpc) is 2.34. The average molecular weight is 204 g/mol. The number of nitrogens with two attached hydrogens (primary N) is 1. The van der Waals surface area contributed by atoms with Gasteiger partial charge in [-0.1, -0.05) is 23.8 Å². The maximum Gasteiger partial charge on any atom is 0.0785 e.